The van der Waals surface area contributed by atoms with E-state index in [-0.39, 0.29) is 10.8 Å². The molecule has 0 saturated carbocycles. The van der Waals surface area contributed by atoms with E-state index in [2.05, 4.69) is 4.90 Å². The molecular weight excluding hydrogens is 379 g/mol. The zero-order chi connectivity index (χ0) is 19.9. The number of fused-ring (bicyclic) bond motifs is 1. The minimum atomic E-state index is -3.66. The molecule has 150 valence electrons. The van der Waals surface area contributed by atoms with Gasteiger partial charge in [0.05, 0.1) is 4.90 Å². The van der Waals surface area contributed by atoms with Crippen molar-refractivity contribution in [1.29, 1.82) is 0 Å². The van der Waals surface area contributed by atoms with Crippen molar-refractivity contribution >= 4 is 15.8 Å². The maximum Gasteiger partial charge on any atom is 0.243 e. The molecule has 2 aliphatic heterocycles. The molecule has 0 spiro atoms. The van der Waals surface area contributed by atoms with E-state index in [1.165, 1.54) is 34.1 Å². The number of anilines is 1. The summed E-state index contributed by atoms with van der Waals surface area (Å²) in [6.45, 7) is 3.79. The molecule has 6 nitrogen and oxygen atoms in total. The van der Waals surface area contributed by atoms with Gasteiger partial charge in [-0.25, -0.2) is 22.8 Å². The van der Waals surface area contributed by atoms with Crippen LogP contribution in [0.3, 0.4) is 0 Å². The summed E-state index contributed by atoms with van der Waals surface area (Å²) in [5.74, 6) is 1.22. The third kappa shape index (κ3) is 3.51. The maximum absolute atomic E-state index is 13.2. The van der Waals surface area contributed by atoms with E-state index in [9.17, 15) is 12.8 Å². The Bertz CT molecular complexity index is 978. The number of halogens is 1. The smallest absolute Gasteiger partial charge is 0.243 e. The molecule has 0 N–H and O–H groups in total. The molecule has 1 unspecified atom stereocenters. The maximum atomic E-state index is 13.2. The molecule has 2 aliphatic rings. The Balaban J connectivity index is 1.62. The molecule has 1 aromatic heterocycles. The van der Waals surface area contributed by atoms with Gasteiger partial charge in [-0.3, -0.25) is 0 Å². The second-order valence-corrected chi connectivity index (χ2v) is 9.59. The Morgan fingerprint density at radius 1 is 1.11 bits per heavy atom. The lowest BCUT2D eigenvalue weighted by Gasteiger charge is -2.33. The summed E-state index contributed by atoms with van der Waals surface area (Å²) in [7, 11) is -1.62. The zero-order valence-electron chi connectivity index (χ0n) is 16.2. The summed E-state index contributed by atoms with van der Waals surface area (Å²) < 4.78 is 40.6. The Hall–Kier alpha value is -2.06. The lowest BCUT2D eigenvalue weighted by atomic mass is 9.97. The highest BCUT2D eigenvalue weighted by molar-refractivity contribution is 7.89. The Morgan fingerprint density at radius 2 is 1.86 bits per heavy atom. The van der Waals surface area contributed by atoms with Gasteiger partial charge in [-0.05, 0) is 56.9 Å². The molecule has 4 rings (SSSR count). The van der Waals surface area contributed by atoms with Crippen LogP contribution in [0.4, 0.5) is 10.2 Å². The normalized spacial score (nSPS) is 20.8. The molecule has 0 aliphatic carbocycles. The fourth-order valence-electron chi connectivity index (χ4n) is 4.12. The van der Waals surface area contributed by atoms with Crippen molar-refractivity contribution in [3.05, 3.63) is 47.2 Å². The van der Waals surface area contributed by atoms with Gasteiger partial charge < -0.3 is 4.90 Å². The average molecular weight is 405 g/mol. The third-order valence-corrected chi connectivity index (χ3v) is 7.57. The van der Waals surface area contributed by atoms with Crippen molar-refractivity contribution < 1.29 is 12.8 Å². The van der Waals surface area contributed by atoms with E-state index in [1.54, 1.807) is 0 Å². The van der Waals surface area contributed by atoms with Gasteiger partial charge in [0.2, 0.25) is 10.0 Å². The van der Waals surface area contributed by atoms with Crippen LogP contribution in [0, 0.1) is 12.7 Å². The third-order valence-electron chi connectivity index (χ3n) is 5.69. The van der Waals surface area contributed by atoms with E-state index < -0.39 is 15.8 Å². The standard InChI is InChI=1S/C20H25FN4O2S/c1-14-18-6-4-11-24(2)20(18)23-19(22-14)15-5-3-12-25(13-15)28(26,27)17-9-7-16(21)8-10-17/h7-10,15H,3-6,11-13H2,1-2H3. The molecule has 28 heavy (non-hydrogen) atoms. The number of sulfonamides is 1. The SMILES string of the molecule is Cc1nc(C2CCCN(S(=O)(=O)c3ccc(F)cc3)C2)nc2c1CCCN2C. The van der Waals surface area contributed by atoms with Crippen molar-refractivity contribution in [3.63, 3.8) is 0 Å². The number of hydrogen-bond donors (Lipinski definition) is 0. The zero-order valence-corrected chi connectivity index (χ0v) is 17.0. The minimum absolute atomic E-state index is 0.0386. The van der Waals surface area contributed by atoms with Crippen molar-refractivity contribution in [2.75, 3.05) is 31.6 Å². The molecule has 1 aromatic carbocycles. The monoisotopic (exact) mass is 404 g/mol. The molecule has 8 heteroatoms. The van der Waals surface area contributed by atoms with Crippen molar-refractivity contribution in [3.8, 4) is 0 Å². The van der Waals surface area contributed by atoms with Crippen molar-refractivity contribution in [1.82, 2.24) is 14.3 Å². The van der Waals surface area contributed by atoms with Gasteiger partial charge >= 0.3 is 0 Å². The first kappa shape index (κ1) is 19.3. The number of piperidine rings is 1. The summed E-state index contributed by atoms with van der Waals surface area (Å²) in [5.41, 5.74) is 2.19. The Kier molecular flexibility index (Phi) is 5.09. The molecule has 0 amide bonds. The van der Waals surface area contributed by atoms with E-state index in [0.717, 1.165) is 49.6 Å². The summed E-state index contributed by atoms with van der Waals surface area (Å²) in [6.07, 6.45) is 3.69. The van der Waals surface area contributed by atoms with Gasteiger partial charge in [-0.15, -0.1) is 0 Å². The van der Waals surface area contributed by atoms with Crippen LogP contribution in [-0.2, 0) is 16.4 Å². The van der Waals surface area contributed by atoms with E-state index in [0.29, 0.717) is 13.1 Å². The number of hydrogen-bond acceptors (Lipinski definition) is 5. The summed E-state index contributed by atoms with van der Waals surface area (Å²) in [6, 6.07) is 5.01. The van der Waals surface area contributed by atoms with Crippen LogP contribution in [0.2, 0.25) is 0 Å². The molecule has 1 fully saturated rings. The quantitative estimate of drug-likeness (QED) is 0.787. The van der Waals surface area contributed by atoms with Gasteiger partial charge in [0.25, 0.3) is 0 Å². The van der Waals surface area contributed by atoms with Crippen LogP contribution in [0.25, 0.3) is 0 Å². The van der Waals surface area contributed by atoms with Crippen LogP contribution in [0.5, 0.6) is 0 Å². The Morgan fingerprint density at radius 3 is 2.61 bits per heavy atom. The predicted octanol–water partition coefficient (Wildman–Crippen LogP) is 2.87. The largest absolute Gasteiger partial charge is 0.359 e. The van der Waals surface area contributed by atoms with Crippen LogP contribution < -0.4 is 4.90 Å². The van der Waals surface area contributed by atoms with Crippen LogP contribution in [-0.4, -0.2) is 49.4 Å². The first-order chi connectivity index (χ1) is 13.4. The first-order valence-corrected chi connectivity index (χ1v) is 11.1. The minimum Gasteiger partial charge on any atom is -0.359 e. The van der Waals surface area contributed by atoms with E-state index in [1.807, 2.05) is 14.0 Å². The van der Waals surface area contributed by atoms with Crippen LogP contribution in [0.15, 0.2) is 29.2 Å². The number of benzene rings is 1. The molecule has 1 atom stereocenters. The highest BCUT2D eigenvalue weighted by Crippen LogP contribution is 2.32. The summed E-state index contributed by atoms with van der Waals surface area (Å²) >= 11 is 0. The summed E-state index contributed by atoms with van der Waals surface area (Å²) in [5, 5.41) is 0. The topological polar surface area (TPSA) is 66.4 Å². The molecule has 1 saturated heterocycles. The van der Waals surface area contributed by atoms with Gasteiger partial charge in [0, 0.05) is 43.9 Å². The van der Waals surface area contributed by atoms with E-state index >= 15 is 0 Å². The second kappa shape index (κ2) is 7.40. The summed E-state index contributed by atoms with van der Waals surface area (Å²) in [4.78, 5) is 11.8. The van der Waals surface area contributed by atoms with Crippen molar-refractivity contribution in [2.45, 2.75) is 43.4 Å². The molecular formula is C20H25FN4O2S. The lowest BCUT2D eigenvalue weighted by Crippen LogP contribution is -2.39. The van der Waals surface area contributed by atoms with Crippen LogP contribution in [0.1, 0.15) is 42.3 Å². The molecule has 0 radical (unpaired) electrons. The molecule has 2 aromatic rings. The fraction of sp³-hybridized carbons (Fsp3) is 0.500. The number of rotatable bonds is 3. The first-order valence-electron chi connectivity index (χ1n) is 9.70. The van der Waals surface area contributed by atoms with E-state index in [4.69, 9.17) is 9.97 Å². The predicted molar refractivity (Wildman–Crippen MR) is 105 cm³/mol. The second-order valence-electron chi connectivity index (χ2n) is 7.65. The van der Waals surface area contributed by atoms with Gasteiger partial charge in [0.1, 0.15) is 17.5 Å². The highest BCUT2D eigenvalue weighted by atomic mass is 32.2. The number of aromatic nitrogens is 2. The molecule has 3 heterocycles. The van der Waals surface area contributed by atoms with Gasteiger partial charge in [-0.2, -0.15) is 4.31 Å². The Labute approximate surface area is 165 Å². The molecule has 0 bridgehead atoms. The number of nitrogens with zero attached hydrogens (tertiary/aromatic N) is 4. The van der Waals surface area contributed by atoms with Crippen molar-refractivity contribution in [2.24, 2.45) is 0 Å². The highest BCUT2D eigenvalue weighted by Gasteiger charge is 2.33. The average Bonchev–Trinajstić information content (AvgIpc) is 2.69. The number of aryl methyl sites for hydroxylation is 1. The fourth-order valence-corrected chi connectivity index (χ4v) is 5.64. The van der Waals surface area contributed by atoms with Gasteiger partial charge in [-0.1, -0.05) is 0 Å². The van der Waals surface area contributed by atoms with Crippen LogP contribution >= 0.6 is 0 Å². The van der Waals surface area contributed by atoms with Gasteiger partial charge in [0.15, 0.2) is 0 Å². The lowest BCUT2D eigenvalue weighted by molar-refractivity contribution is 0.308.